The lowest BCUT2D eigenvalue weighted by Crippen LogP contribution is -2.58. The van der Waals surface area contributed by atoms with Crippen LogP contribution in [0.15, 0.2) is 35.3 Å². The number of aliphatic carboxylic acids is 1. The number of hydrogen-bond acceptors (Lipinski definition) is 7. The van der Waals surface area contributed by atoms with Gasteiger partial charge in [0, 0.05) is 43.0 Å². The zero-order chi connectivity index (χ0) is 24.9. The van der Waals surface area contributed by atoms with E-state index < -0.39 is 28.0 Å². The normalized spacial score (nSPS) is 22.1. The molecule has 11 heteroatoms. The number of non-ortho nitro benzene ring substituents is 1. The number of ketones is 1. The number of carboxylic acid groups (broad SMARTS) is 1. The van der Waals surface area contributed by atoms with Gasteiger partial charge in [0.2, 0.25) is 11.3 Å². The Morgan fingerprint density at radius 2 is 1.97 bits per heavy atom. The molecule has 2 aromatic carbocycles. The summed E-state index contributed by atoms with van der Waals surface area (Å²) in [4.78, 5) is 44.4. The van der Waals surface area contributed by atoms with E-state index in [2.05, 4.69) is 4.99 Å². The maximum atomic E-state index is 15.3. The highest BCUT2D eigenvalue weighted by Gasteiger charge is 2.55. The van der Waals surface area contributed by atoms with Crippen LogP contribution in [0.25, 0.3) is 0 Å². The molecule has 35 heavy (non-hydrogen) atoms. The maximum Gasteiger partial charge on any atom is 0.341 e. The second-order valence-corrected chi connectivity index (χ2v) is 9.45. The fourth-order valence-corrected chi connectivity index (χ4v) is 5.24. The van der Waals surface area contributed by atoms with Crippen LogP contribution in [-0.2, 0) is 4.79 Å². The molecular weight excluding hydrogens is 479 g/mol. The molecule has 1 unspecified atom stereocenters. The topological polar surface area (TPSA) is 116 Å². The second-order valence-electron chi connectivity index (χ2n) is 9.08. The monoisotopic (exact) mass is 500 g/mol. The summed E-state index contributed by atoms with van der Waals surface area (Å²) >= 11 is 6.71. The molecule has 1 atom stereocenters. The predicted octanol–water partition coefficient (Wildman–Crippen LogP) is 4.10. The average molecular weight is 501 g/mol. The van der Waals surface area contributed by atoms with E-state index in [9.17, 15) is 24.8 Å². The van der Waals surface area contributed by atoms with E-state index in [1.165, 1.54) is 24.3 Å². The Hall–Kier alpha value is -3.53. The highest BCUT2D eigenvalue weighted by atomic mass is 35.5. The van der Waals surface area contributed by atoms with Crippen LogP contribution in [0.4, 0.5) is 21.5 Å². The molecule has 1 saturated heterocycles. The van der Waals surface area contributed by atoms with Crippen LogP contribution in [0.1, 0.15) is 41.6 Å². The van der Waals surface area contributed by atoms with Gasteiger partial charge in [-0.2, -0.15) is 0 Å². The van der Waals surface area contributed by atoms with Gasteiger partial charge in [0.1, 0.15) is 5.82 Å². The van der Waals surface area contributed by atoms with Gasteiger partial charge in [-0.05, 0) is 37.3 Å². The Morgan fingerprint density at radius 3 is 2.60 bits per heavy atom. The number of carbonyl (C=O) groups excluding carboxylic acids is 1. The van der Waals surface area contributed by atoms with E-state index in [0.29, 0.717) is 18.8 Å². The van der Waals surface area contributed by atoms with E-state index >= 15 is 4.39 Å². The number of halogens is 2. The number of nitro benzene ring substituents is 1. The third-order valence-corrected chi connectivity index (χ3v) is 7.11. The Labute approximate surface area is 205 Å². The van der Waals surface area contributed by atoms with Crippen molar-refractivity contribution in [3.8, 4) is 0 Å². The largest absolute Gasteiger partial charge is 0.479 e. The van der Waals surface area contributed by atoms with Crippen LogP contribution in [0.3, 0.4) is 0 Å². The highest BCUT2D eigenvalue weighted by Crippen LogP contribution is 2.49. The minimum atomic E-state index is -2.24. The molecule has 1 N–H and O–H groups in total. The molecule has 2 fully saturated rings. The number of anilines is 2. The number of nitrogens with zero attached hydrogens (tertiary/aromatic N) is 4. The van der Waals surface area contributed by atoms with Crippen LogP contribution < -0.4 is 9.80 Å². The summed E-state index contributed by atoms with van der Waals surface area (Å²) < 4.78 is 15.3. The number of aliphatic imine (C=N–C) groups is 1. The van der Waals surface area contributed by atoms with Gasteiger partial charge >= 0.3 is 5.97 Å². The lowest BCUT2D eigenvalue weighted by Gasteiger charge is -2.40. The number of benzene rings is 2. The number of rotatable bonds is 6. The van der Waals surface area contributed by atoms with Crippen LogP contribution in [0.5, 0.6) is 0 Å². The number of carbonyl (C=O) groups is 2. The van der Waals surface area contributed by atoms with Crippen molar-refractivity contribution in [1.82, 2.24) is 0 Å². The number of Topliss-reactive ketones (excluding diaryl/α,β-unsaturated/α-hetero) is 1. The minimum absolute atomic E-state index is 0.0389. The Balaban J connectivity index is 1.62. The van der Waals surface area contributed by atoms with E-state index in [-0.39, 0.29) is 40.1 Å². The van der Waals surface area contributed by atoms with Gasteiger partial charge in [-0.3, -0.25) is 19.9 Å². The van der Waals surface area contributed by atoms with Gasteiger partial charge in [-0.25, -0.2) is 9.18 Å². The molecule has 182 valence electrons. The molecule has 2 aromatic rings. The summed E-state index contributed by atoms with van der Waals surface area (Å²) in [6.45, 7) is 1.04. The second kappa shape index (κ2) is 8.60. The Morgan fingerprint density at radius 1 is 1.26 bits per heavy atom. The number of nitro groups is 1. The van der Waals surface area contributed by atoms with Crippen LogP contribution in [-0.4, -0.2) is 59.2 Å². The summed E-state index contributed by atoms with van der Waals surface area (Å²) in [5.74, 6) is -3.03. The Kier molecular flexibility index (Phi) is 5.71. The van der Waals surface area contributed by atoms with Gasteiger partial charge < -0.3 is 14.9 Å². The van der Waals surface area contributed by atoms with Crippen molar-refractivity contribution in [2.24, 2.45) is 4.99 Å². The first-order valence-corrected chi connectivity index (χ1v) is 11.7. The molecule has 0 amide bonds. The highest BCUT2D eigenvalue weighted by molar-refractivity contribution is 6.38. The molecule has 3 aliphatic rings. The molecule has 1 saturated carbocycles. The van der Waals surface area contributed by atoms with Gasteiger partial charge in [-0.1, -0.05) is 23.7 Å². The van der Waals surface area contributed by atoms with Gasteiger partial charge in [0.25, 0.3) is 5.69 Å². The smallest absolute Gasteiger partial charge is 0.341 e. The van der Waals surface area contributed by atoms with E-state index in [0.717, 1.165) is 38.0 Å². The van der Waals surface area contributed by atoms with Crippen molar-refractivity contribution in [3.63, 3.8) is 0 Å². The summed E-state index contributed by atoms with van der Waals surface area (Å²) in [6, 6.07) is 6.53. The Bertz CT molecular complexity index is 1270. The predicted molar refractivity (Wildman–Crippen MR) is 129 cm³/mol. The lowest BCUT2D eigenvalue weighted by molar-refractivity contribution is -0.384. The summed E-state index contributed by atoms with van der Waals surface area (Å²) in [7, 11) is 0. The molecule has 2 aliphatic heterocycles. The van der Waals surface area contributed by atoms with E-state index in [4.69, 9.17) is 11.6 Å². The molecule has 0 radical (unpaired) electrons. The molecule has 1 aliphatic carbocycles. The average Bonchev–Trinajstić information content (AvgIpc) is 3.54. The first kappa shape index (κ1) is 23.2. The standard InChI is InChI=1S/C24H22ClFN4O5/c25-19-20-17(11-18(26)21(19)28-8-1-2-9-28)22(31)24(23(32)33,13-29(20)15-6-7-15)27-12-14-4-3-5-16(10-14)30(34)35/h3-5,10-12,15H,1-2,6-9,13H2,(H,32,33). The minimum Gasteiger partial charge on any atom is -0.479 e. The first-order chi connectivity index (χ1) is 16.7. The number of hydrogen-bond donors (Lipinski definition) is 1. The molecule has 0 aromatic heterocycles. The number of fused-ring (bicyclic) bond motifs is 1. The molecular formula is C24H22ClFN4O5. The molecule has 0 bridgehead atoms. The van der Waals surface area contributed by atoms with Crippen molar-refractivity contribution in [2.75, 3.05) is 29.4 Å². The molecule has 2 heterocycles. The van der Waals surface area contributed by atoms with Crippen molar-refractivity contribution in [2.45, 2.75) is 37.3 Å². The zero-order valence-electron chi connectivity index (χ0n) is 18.6. The quantitative estimate of drug-likeness (QED) is 0.275. The zero-order valence-corrected chi connectivity index (χ0v) is 19.4. The molecule has 0 spiro atoms. The van der Waals surface area contributed by atoms with Crippen molar-refractivity contribution in [3.05, 3.63) is 62.4 Å². The van der Waals surface area contributed by atoms with Crippen LogP contribution in [0, 0.1) is 15.9 Å². The van der Waals surface area contributed by atoms with E-state index in [1.54, 1.807) is 4.90 Å². The first-order valence-electron chi connectivity index (χ1n) is 11.3. The molecule has 9 nitrogen and oxygen atoms in total. The summed E-state index contributed by atoms with van der Waals surface area (Å²) in [5, 5.41) is 21.4. The van der Waals surface area contributed by atoms with Crippen molar-refractivity contribution < 1.29 is 24.0 Å². The summed E-state index contributed by atoms with van der Waals surface area (Å²) in [5.41, 5.74) is -1.70. The van der Waals surface area contributed by atoms with E-state index in [1.807, 2.05) is 4.90 Å². The maximum absolute atomic E-state index is 15.3. The van der Waals surface area contributed by atoms with Gasteiger partial charge in [0.15, 0.2) is 0 Å². The SMILES string of the molecule is O=C(O)C1(N=Cc2cccc([N+](=O)[O-])c2)CN(C2CC2)c2c(cc(F)c(N3CCCC3)c2Cl)C1=O. The van der Waals surface area contributed by atoms with Gasteiger partial charge in [0.05, 0.1) is 27.9 Å². The third-order valence-electron chi connectivity index (χ3n) is 6.75. The fraction of sp³-hybridized carbons (Fsp3) is 0.375. The van der Waals surface area contributed by atoms with Gasteiger partial charge in [-0.15, -0.1) is 0 Å². The van der Waals surface area contributed by atoms with Crippen LogP contribution in [0.2, 0.25) is 5.02 Å². The van der Waals surface area contributed by atoms with Crippen molar-refractivity contribution in [1.29, 1.82) is 0 Å². The van der Waals surface area contributed by atoms with Crippen LogP contribution >= 0.6 is 11.6 Å². The summed E-state index contributed by atoms with van der Waals surface area (Å²) in [6.07, 6.45) is 4.53. The fourth-order valence-electron chi connectivity index (χ4n) is 4.82. The third kappa shape index (κ3) is 3.91. The molecule has 5 rings (SSSR count). The lowest BCUT2D eigenvalue weighted by atomic mass is 9.83. The number of carboxylic acids is 1. The van der Waals surface area contributed by atoms with Crippen molar-refractivity contribution >= 4 is 46.6 Å².